The van der Waals surface area contributed by atoms with Gasteiger partial charge in [-0.25, -0.2) is 0 Å². The average Bonchev–Trinajstić information content (AvgIpc) is 2.09. The topological polar surface area (TPSA) is 0 Å². The maximum absolute atomic E-state index is 4.08. The van der Waals surface area contributed by atoms with Gasteiger partial charge in [0, 0.05) is 0 Å². The van der Waals surface area contributed by atoms with Gasteiger partial charge in [0.1, 0.15) is 0 Å². The zero-order valence-electron chi connectivity index (χ0n) is 9.72. The van der Waals surface area contributed by atoms with E-state index in [2.05, 4.69) is 53.0 Å². The summed E-state index contributed by atoms with van der Waals surface area (Å²) in [6, 6.07) is 0. The summed E-state index contributed by atoms with van der Waals surface area (Å²) < 4.78 is 0. The fraction of sp³-hybridized carbons (Fsp3) is 0.429. The van der Waals surface area contributed by atoms with Crippen LogP contribution in [0.15, 0.2) is 47.6 Å². The maximum atomic E-state index is 4.08. The molecule has 0 unspecified atom stereocenters. The van der Waals surface area contributed by atoms with Crippen molar-refractivity contribution in [1.82, 2.24) is 0 Å². The van der Waals surface area contributed by atoms with Gasteiger partial charge in [-0.1, -0.05) is 53.0 Å². The Balaban J connectivity index is 2.87. The van der Waals surface area contributed by atoms with Crippen LogP contribution in [-0.2, 0) is 0 Å². The largest absolute Gasteiger partial charge is 0.0905 e. The minimum atomic E-state index is 0.569. The van der Waals surface area contributed by atoms with Crippen LogP contribution in [-0.4, -0.2) is 0 Å². The SMILES string of the molecule is C=C1C(=CC(C)C)C(=C)C1=CC(C)C. The van der Waals surface area contributed by atoms with Gasteiger partial charge >= 0.3 is 0 Å². The second-order valence-corrected chi connectivity index (χ2v) is 4.61. The third-order valence-corrected chi connectivity index (χ3v) is 2.30. The fourth-order valence-corrected chi connectivity index (χ4v) is 1.66. The van der Waals surface area contributed by atoms with E-state index in [1.807, 2.05) is 0 Å². The van der Waals surface area contributed by atoms with Crippen LogP contribution in [0.4, 0.5) is 0 Å². The zero-order valence-corrected chi connectivity index (χ0v) is 9.72. The van der Waals surface area contributed by atoms with Gasteiger partial charge in [-0.2, -0.15) is 0 Å². The Morgan fingerprint density at radius 1 is 0.786 bits per heavy atom. The second kappa shape index (κ2) is 4.00. The third-order valence-electron chi connectivity index (χ3n) is 2.30. The fourth-order valence-electron chi connectivity index (χ4n) is 1.66. The van der Waals surface area contributed by atoms with Crippen LogP contribution in [0, 0.1) is 11.8 Å². The molecule has 1 aliphatic carbocycles. The lowest BCUT2D eigenvalue weighted by atomic mass is 9.74. The first-order valence-electron chi connectivity index (χ1n) is 5.26. The van der Waals surface area contributed by atoms with Crippen molar-refractivity contribution in [2.24, 2.45) is 11.8 Å². The molecule has 0 aromatic rings. The Morgan fingerprint density at radius 3 is 1.29 bits per heavy atom. The Bertz CT molecular complexity index is 272. The van der Waals surface area contributed by atoms with Crippen LogP contribution in [0.1, 0.15) is 27.7 Å². The predicted octanol–water partition coefficient (Wildman–Crippen LogP) is 4.28. The number of hydrogen-bond acceptors (Lipinski definition) is 0. The Hall–Kier alpha value is -1.04. The van der Waals surface area contributed by atoms with Gasteiger partial charge in [-0.3, -0.25) is 0 Å². The predicted molar refractivity (Wildman–Crippen MR) is 64.1 cm³/mol. The van der Waals surface area contributed by atoms with E-state index in [1.54, 1.807) is 0 Å². The summed E-state index contributed by atoms with van der Waals surface area (Å²) in [6.45, 7) is 16.9. The molecule has 0 bridgehead atoms. The van der Waals surface area contributed by atoms with E-state index in [1.165, 1.54) is 11.1 Å². The van der Waals surface area contributed by atoms with Gasteiger partial charge in [-0.15, -0.1) is 0 Å². The molecule has 0 nitrogen and oxygen atoms in total. The van der Waals surface area contributed by atoms with Crippen LogP contribution in [0.3, 0.4) is 0 Å². The van der Waals surface area contributed by atoms with Gasteiger partial charge in [0.25, 0.3) is 0 Å². The molecule has 1 saturated carbocycles. The van der Waals surface area contributed by atoms with Crippen LogP contribution in [0.2, 0.25) is 0 Å². The normalized spacial score (nSPS) is 16.4. The Labute approximate surface area is 87.7 Å². The van der Waals surface area contributed by atoms with Crippen molar-refractivity contribution in [1.29, 1.82) is 0 Å². The van der Waals surface area contributed by atoms with Crippen LogP contribution < -0.4 is 0 Å². The summed E-state index contributed by atoms with van der Waals surface area (Å²) in [4.78, 5) is 0. The van der Waals surface area contributed by atoms with Crippen molar-refractivity contribution < 1.29 is 0 Å². The van der Waals surface area contributed by atoms with Crippen LogP contribution >= 0.6 is 0 Å². The lowest BCUT2D eigenvalue weighted by Gasteiger charge is -2.30. The van der Waals surface area contributed by atoms with E-state index in [-0.39, 0.29) is 0 Å². The lowest BCUT2D eigenvalue weighted by Crippen LogP contribution is -2.12. The van der Waals surface area contributed by atoms with E-state index < -0.39 is 0 Å². The molecule has 0 radical (unpaired) electrons. The van der Waals surface area contributed by atoms with Crippen molar-refractivity contribution >= 4 is 0 Å². The number of hydrogen-bond donors (Lipinski definition) is 0. The summed E-state index contributed by atoms with van der Waals surface area (Å²) >= 11 is 0. The number of rotatable bonds is 2. The highest BCUT2D eigenvalue weighted by Crippen LogP contribution is 2.43. The van der Waals surface area contributed by atoms with E-state index in [4.69, 9.17) is 0 Å². The molecule has 0 aromatic carbocycles. The first-order valence-corrected chi connectivity index (χ1v) is 5.26. The standard InChI is InChI=1S/C14H20/c1-9(2)7-13-11(5)14(12(13)6)8-10(3)4/h7-10H,5-6H2,1-4H3. The first-order chi connectivity index (χ1) is 6.43. The summed E-state index contributed by atoms with van der Waals surface area (Å²) in [7, 11) is 0. The summed E-state index contributed by atoms with van der Waals surface area (Å²) in [6.07, 6.45) is 4.48. The van der Waals surface area contributed by atoms with Crippen LogP contribution in [0.5, 0.6) is 0 Å². The molecule has 0 saturated heterocycles. The molecule has 0 aromatic heterocycles. The van der Waals surface area contributed by atoms with Crippen LogP contribution in [0.25, 0.3) is 0 Å². The molecule has 0 spiro atoms. The van der Waals surface area contributed by atoms with E-state index in [9.17, 15) is 0 Å². The maximum Gasteiger partial charge on any atom is -0.0148 e. The summed E-state index contributed by atoms with van der Waals surface area (Å²) in [5, 5.41) is 0. The average molecular weight is 188 g/mol. The molecule has 0 N–H and O–H groups in total. The van der Waals surface area contributed by atoms with E-state index in [0.29, 0.717) is 11.8 Å². The van der Waals surface area contributed by atoms with Crippen molar-refractivity contribution in [2.45, 2.75) is 27.7 Å². The molecule has 1 aliphatic rings. The Morgan fingerprint density at radius 2 is 1.07 bits per heavy atom. The molecule has 0 amide bonds. The molecule has 1 fully saturated rings. The van der Waals surface area contributed by atoms with Gasteiger partial charge in [0.05, 0.1) is 0 Å². The number of allylic oxidation sites excluding steroid dienone is 6. The van der Waals surface area contributed by atoms with Gasteiger partial charge in [0.2, 0.25) is 0 Å². The highest BCUT2D eigenvalue weighted by Gasteiger charge is 2.25. The molecule has 0 aliphatic heterocycles. The second-order valence-electron chi connectivity index (χ2n) is 4.61. The molecular weight excluding hydrogens is 168 g/mol. The third kappa shape index (κ3) is 2.06. The molecule has 0 heterocycles. The minimum Gasteiger partial charge on any atom is -0.0905 e. The molecule has 0 atom stereocenters. The highest BCUT2D eigenvalue weighted by atomic mass is 14.3. The zero-order chi connectivity index (χ0) is 10.9. The quantitative estimate of drug-likeness (QED) is 0.607. The molecular formula is C14H20. The molecule has 1 rings (SSSR count). The Kier molecular flexibility index (Phi) is 3.15. The first kappa shape index (κ1) is 11.0. The van der Waals surface area contributed by atoms with Gasteiger partial charge in [-0.05, 0) is 34.1 Å². The lowest BCUT2D eigenvalue weighted by molar-refractivity contribution is 0.810. The summed E-state index contributed by atoms with van der Waals surface area (Å²) in [5.74, 6) is 1.14. The smallest absolute Gasteiger partial charge is 0.0148 e. The van der Waals surface area contributed by atoms with E-state index >= 15 is 0 Å². The van der Waals surface area contributed by atoms with Crippen molar-refractivity contribution in [3.8, 4) is 0 Å². The molecule has 14 heavy (non-hydrogen) atoms. The molecule has 76 valence electrons. The van der Waals surface area contributed by atoms with E-state index in [0.717, 1.165) is 11.1 Å². The minimum absolute atomic E-state index is 0.569. The van der Waals surface area contributed by atoms with Gasteiger partial charge < -0.3 is 0 Å². The van der Waals surface area contributed by atoms with Crippen molar-refractivity contribution in [3.63, 3.8) is 0 Å². The van der Waals surface area contributed by atoms with Gasteiger partial charge in [0.15, 0.2) is 0 Å². The molecule has 0 heteroatoms. The summed E-state index contributed by atoms with van der Waals surface area (Å²) in [5.41, 5.74) is 4.84. The van der Waals surface area contributed by atoms with Crippen molar-refractivity contribution in [3.05, 3.63) is 47.6 Å². The van der Waals surface area contributed by atoms with Crippen molar-refractivity contribution in [2.75, 3.05) is 0 Å². The monoisotopic (exact) mass is 188 g/mol. The highest BCUT2D eigenvalue weighted by molar-refractivity contribution is 5.76.